The fraction of sp³-hybridized carbons (Fsp3) is 0.235. The van der Waals surface area contributed by atoms with E-state index in [1.54, 1.807) is 11.8 Å². The second-order valence-corrected chi connectivity index (χ2v) is 5.84. The Morgan fingerprint density at radius 2 is 1.55 bits per heavy atom. The number of rotatable bonds is 5. The van der Waals surface area contributed by atoms with Crippen molar-refractivity contribution in [1.29, 1.82) is 0 Å². The first-order chi connectivity index (χ1) is 9.68. The van der Waals surface area contributed by atoms with Gasteiger partial charge in [0, 0.05) is 16.6 Å². The van der Waals surface area contributed by atoms with Crippen molar-refractivity contribution in [2.75, 3.05) is 10.7 Å². The fourth-order valence-corrected chi connectivity index (χ4v) is 2.83. The summed E-state index contributed by atoms with van der Waals surface area (Å²) in [4.78, 5) is 15.4. The van der Waals surface area contributed by atoms with Gasteiger partial charge in [-0.3, -0.25) is 4.79 Å². The van der Waals surface area contributed by atoms with Crippen molar-refractivity contribution in [2.45, 2.75) is 24.8 Å². The van der Waals surface area contributed by atoms with Gasteiger partial charge in [0.25, 0.3) is 0 Å². The lowest BCUT2D eigenvalue weighted by Gasteiger charge is -2.26. The molecule has 2 aromatic rings. The van der Waals surface area contributed by atoms with E-state index >= 15 is 0 Å². The normalized spacial score (nSPS) is 10.6. The number of nitrogens with zero attached hydrogens (tertiary/aromatic N) is 1. The molecule has 2 aromatic carbocycles. The third kappa shape index (κ3) is 3.87. The Kier molecular flexibility index (Phi) is 5.24. The summed E-state index contributed by atoms with van der Waals surface area (Å²) in [5.41, 5.74) is 0.959. The molecule has 0 aliphatic carbocycles. The molecule has 0 spiro atoms. The lowest BCUT2D eigenvalue weighted by Crippen LogP contribution is -2.38. The molecule has 0 aliphatic rings. The minimum absolute atomic E-state index is 0.139. The molecule has 0 aromatic heterocycles. The number of anilines is 1. The predicted octanol–water partition coefficient (Wildman–Crippen LogP) is 4.22. The van der Waals surface area contributed by atoms with Gasteiger partial charge in [0.15, 0.2) is 0 Å². The zero-order valence-corrected chi connectivity index (χ0v) is 12.6. The van der Waals surface area contributed by atoms with Gasteiger partial charge in [-0.25, -0.2) is 0 Å². The Morgan fingerprint density at radius 3 is 2.10 bits per heavy atom. The minimum atomic E-state index is 0.139. The summed E-state index contributed by atoms with van der Waals surface area (Å²) in [5, 5.41) is 0. The van der Waals surface area contributed by atoms with Gasteiger partial charge in [0.1, 0.15) is 0 Å². The minimum Gasteiger partial charge on any atom is -0.309 e. The molecule has 0 atom stereocenters. The maximum absolute atomic E-state index is 12.5. The average molecular weight is 285 g/mol. The molecule has 0 radical (unpaired) electrons. The lowest BCUT2D eigenvalue weighted by molar-refractivity contribution is -0.116. The highest BCUT2D eigenvalue weighted by Crippen LogP contribution is 2.21. The van der Waals surface area contributed by atoms with Crippen LogP contribution in [-0.4, -0.2) is 17.7 Å². The van der Waals surface area contributed by atoms with E-state index in [9.17, 15) is 4.79 Å². The van der Waals surface area contributed by atoms with Crippen LogP contribution in [0.4, 0.5) is 5.69 Å². The van der Waals surface area contributed by atoms with Gasteiger partial charge in [-0.15, -0.1) is 11.8 Å². The standard InChI is InChI=1S/C17H19NOS/c1-14(2)18(15-9-5-3-6-10-15)17(19)13-20-16-11-7-4-8-12-16/h3-12,14H,13H2,1-2H3. The first-order valence-electron chi connectivity index (χ1n) is 6.73. The Bertz CT molecular complexity index is 539. The second kappa shape index (κ2) is 7.15. The van der Waals surface area contributed by atoms with Crippen molar-refractivity contribution in [1.82, 2.24) is 0 Å². The summed E-state index contributed by atoms with van der Waals surface area (Å²) < 4.78 is 0. The fourth-order valence-electron chi connectivity index (χ4n) is 2.05. The van der Waals surface area contributed by atoms with E-state index in [4.69, 9.17) is 0 Å². The lowest BCUT2D eigenvalue weighted by atomic mass is 10.2. The van der Waals surface area contributed by atoms with Gasteiger partial charge in [-0.1, -0.05) is 36.4 Å². The molecule has 0 fully saturated rings. The zero-order valence-electron chi connectivity index (χ0n) is 11.8. The van der Waals surface area contributed by atoms with Crippen LogP contribution in [0.5, 0.6) is 0 Å². The summed E-state index contributed by atoms with van der Waals surface area (Å²) in [6.07, 6.45) is 0. The number of hydrogen-bond donors (Lipinski definition) is 0. The van der Waals surface area contributed by atoms with Crippen molar-refractivity contribution >= 4 is 23.4 Å². The topological polar surface area (TPSA) is 20.3 Å². The third-order valence-electron chi connectivity index (χ3n) is 2.92. The summed E-state index contributed by atoms with van der Waals surface area (Å²) >= 11 is 1.58. The van der Waals surface area contributed by atoms with Crippen LogP contribution >= 0.6 is 11.8 Å². The van der Waals surface area contributed by atoms with Crippen LogP contribution in [0.3, 0.4) is 0 Å². The monoisotopic (exact) mass is 285 g/mol. The molecule has 104 valence electrons. The van der Waals surface area contributed by atoms with Crippen LogP contribution < -0.4 is 4.90 Å². The molecule has 0 N–H and O–H groups in total. The first kappa shape index (κ1) is 14.7. The predicted molar refractivity (Wildman–Crippen MR) is 86.2 cm³/mol. The molecule has 1 amide bonds. The molecule has 0 unspecified atom stereocenters. The molecule has 3 heteroatoms. The van der Waals surface area contributed by atoms with Crippen molar-refractivity contribution in [3.63, 3.8) is 0 Å². The van der Waals surface area contributed by atoms with E-state index in [2.05, 4.69) is 0 Å². The Morgan fingerprint density at radius 1 is 1.00 bits per heavy atom. The molecule has 0 aliphatic heterocycles. The van der Waals surface area contributed by atoms with Gasteiger partial charge < -0.3 is 4.90 Å². The van der Waals surface area contributed by atoms with Crippen LogP contribution in [0.25, 0.3) is 0 Å². The van der Waals surface area contributed by atoms with Gasteiger partial charge in [0.2, 0.25) is 5.91 Å². The highest BCUT2D eigenvalue weighted by atomic mass is 32.2. The quantitative estimate of drug-likeness (QED) is 0.767. The van der Waals surface area contributed by atoms with E-state index in [0.29, 0.717) is 5.75 Å². The van der Waals surface area contributed by atoms with Gasteiger partial charge in [-0.05, 0) is 38.1 Å². The van der Waals surface area contributed by atoms with Crippen LogP contribution in [0.15, 0.2) is 65.6 Å². The Hall–Kier alpha value is -1.74. The SMILES string of the molecule is CC(C)N(C(=O)CSc1ccccc1)c1ccccc1. The van der Waals surface area contributed by atoms with E-state index in [-0.39, 0.29) is 11.9 Å². The highest BCUT2D eigenvalue weighted by Gasteiger charge is 2.18. The second-order valence-electron chi connectivity index (χ2n) is 4.79. The zero-order chi connectivity index (χ0) is 14.4. The highest BCUT2D eigenvalue weighted by molar-refractivity contribution is 8.00. The number of benzene rings is 2. The van der Waals surface area contributed by atoms with Crippen molar-refractivity contribution in [2.24, 2.45) is 0 Å². The summed E-state index contributed by atoms with van der Waals surface area (Å²) in [5.74, 6) is 0.594. The van der Waals surface area contributed by atoms with Crippen LogP contribution in [0.1, 0.15) is 13.8 Å². The first-order valence-corrected chi connectivity index (χ1v) is 7.72. The van der Waals surface area contributed by atoms with Gasteiger partial charge in [-0.2, -0.15) is 0 Å². The van der Waals surface area contributed by atoms with Crippen LogP contribution in [-0.2, 0) is 4.79 Å². The molecule has 0 bridgehead atoms. The molecular weight excluding hydrogens is 266 g/mol. The maximum atomic E-state index is 12.5. The number of amides is 1. The number of carbonyl (C=O) groups is 1. The molecule has 20 heavy (non-hydrogen) atoms. The molecule has 0 saturated carbocycles. The van der Waals surface area contributed by atoms with E-state index in [1.807, 2.05) is 79.4 Å². The van der Waals surface area contributed by atoms with E-state index < -0.39 is 0 Å². The molecule has 2 rings (SSSR count). The third-order valence-corrected chi connectivity index (χ3v) is 3.92. The number of thioether (sulfide) groups is 1. The van der Waals surface area contributed by atoms with Crippen LogP contribution in [0, 0.1) is 0 Å². The largest absolute Gasteiger partial charge is 0.309 e. The van der Waals surface area contributed by atoms with Gasteiger partial charge in [0.05, 0.1) is 5.75 Å². The summed E-state index contributed by atoms with van der Waals surface area (Å²) in [6.45, 7) is 4.08. The average Bonchev–Trinajstić information content (AvgIpc) is 2.47. The number of hydrogen-bond acceptors (Lipinski definition) is 2. The van der Waals surface area contributed by atoms with E-state index in [1.165, 1.54) is 0 Å². The van der Waals surface area contributed by atoms with E-state index in [0.717, 1.165) is 10.6 Å². The molecule has 0 heterocycles. The number of carbonyl (C=O) groups excluding carboxylic acids is 1. The van der Waals surface area contributed by atoms with Crippen molar-refractivity contribution in [3.05, 3.63) is 60.7 Å². The molecule has 2 nitrogen and oxygen atoms in total. The summed E-state index contributed by atoms with van der Waals surface area (Å²) in [6, 6.07) is 20.0. The van der Waals surface area contributed by atoms with Crippen molar-refractivity contribution < 1.29 is 4.79 Å². The van der Waals surface area contributed by atoms with Crippen molar-refractivity contribution in [3.8, 4) is 0 Å². The Labute approximate surface area is 124 Å². The molecular formula is C17H19NOS. The van der Waals surface area contributed by atoms with Crippen LogP contribution in [0.2, 0.25) is 0 Å². The smallest absolute Gasteiger partial charge is 0.237 e. The summed E-state index contributed by atoms with van der Waals surface area (Å²) in [7, 11) is 0. The Balaban J connectivity index is 2.05. The van der Waals surface area contributed by atoms with Gasteiger partial charge >= 0.3 is 0 Å². The number of para-hydroxylation sites is 1. The molecule has 0 saturated heterocycles. The maximum Gasteiger partial charge on any atom is 0.237 e.